The van der Waals surface area contributed by atoms with Gasteiger partial charge >= 0.3 is 0 Å². The van der Waals surface area contributed by atoms with Crippen LogP contribution in [0.5, 0.6) is 0 Å². The summed E-state index contributed by atoms with van der Waals surface area (Å²) < 4.78 is 0. The fraction of sp³-hybridized carbons (Fsp3) is 0.0909. The lowest BCUT2D eigenvalue weighted by molar-refractivity contribution is 1.24. The topological polar surface area (TPSA) is 3.24 Å². The van der Waals surface area contributed by atoms with Crippen molar-refractivity contribution in [2.75, 3.05) is 4.90 Å². The largest absolute Gasteiger partial charge is 0.309 e. The van der Waals surface area contributed by atoms with Gasteiger partial charge in [-0.1, -0.05) is 60.2 Å². The van der Waals surface area contributed by atoms with Crippen LogP contribution in [0.25, 0.3) is 12.2 Å². The molecule has 1 aliphatic rings. The third kappa shape index (κ3) is 2.35. The second kappa shape index (κ2) is 5.44. The van der Waals surface area contributed by atoms with Gasteiger partial charge in [-0.15, -0.1) is 0 Å². The number of rotatable bonds is 1. The highest BCUT2D eigenvalue weighted by Gasteiger charge is 2.20. The van der Waals surface area contributed by atoms with E-state index in [2.05, 4.69) is 97.6 Å². The average Bonchev–Trinajstić information content (AvgIpc) is 2.72. The summed E-state index contributed by atoms with van der Waals surface area (Å²) in [6.07, 6.45) is 4.44. The molecule has 0 unspecified atom stereocenters. The van der Waals surface area contributed by atoms with E-state index < -0.39 is 0 Å². The van der Waals surface area contributed by atoms with Crippen LogP contribution in [-0.4, -0.2) is 0 Å². The van der Waals surface area contributed by atoms with Gasteiger partial charge in [0.1, 0.15) is 0 Å². The molecule has 0 aromatic heterocycles. The summed E-state index contributed by atoms with van der Waals surface area (Å²) in [7, 11) is 0. The zero-order valence-electron chi connectivity index (χ0n) is 13.5. The molecule has 0 saturated heterocycles. The standard InChI is InChI=1S/C22H19N/c1-16-11-14-22-19(15-16)13-12-18-8-4-6-10-21(18)23(22)20-9-5-3-7-17(20)2/h3-15H,1-2H3. The lowest BCUT2D eigenvalue weighted by Crippen LogP contribution is -2.12. The van der Waals surface area contributed by atoms with Crippen LogP contribution in [0.3, 0.4) is 0 Å². The first-order valence-electron chi connectivity index (χ1n) is 7.97. The summed E-state index contributed by atoms with van der Waals surface area (Å²) in [5.74, 6) is 0. The SMILES string of the molecule is Cc1ccc2c(c1)C=Cc1ccccc1N2c1ccccc1C. The summed E-state index contributed by atoms with van der Waals surface area (Å²) in [4.78, 5) is 2.37. The van der Waals surface area contributed by atoms with Crippen molar-refractivity contribution in [2.24, 2.45) is 0 Å². The molecule has 0 N–H and O–H groups in total. The Morgan fingerprint density at radius 2 is 1.26 bits per heavy atom. The zero-order valence-corrected chi connectivity index (χ0v) is 13.5. The molecule has 0 radical (unpaired) electrons. The summed E-state index contributed by atoms with van der Waals surface area (Å²) >= 11 is 0. The van der Waals surface area contributed by atoms with Crippen LogP contribution in [0.4, 0.5) is 17.1 Å². The summed E-state index contributed by atoms with van der Waals surface area (Å²) in [6.45, 7) is 4.31. The minimum atomic E-state index is 1.22. The van der Waals surface area contributed by atoms with Gasteiger partial charge in [-0.05, 0) is 54.8 Å². The highest BCUT2D eigenvalue weighted by Crippen LogP contribution is 2.42. The van der Waals surface area contributed by atoms with Crippen LogP contribution >= 0.6 is 0 Å². The van der Waals surface area contributed by atoms with Gasteiger partial charge in [0.2, 0.25) is 0 Å². The Morgan fingerprint density at radius 1 is 0.609 bits per heavy atom. The molecule has 0 fully saturated rings. The molecule has 112 valence electrons. The predicted octanol–water partition coefficient (Wildman–Crippen LogP) is 6.26. The second-order valence-electron chi connectivity index (χ2n) is 6.08. The lowest BCUT2D eigenvalue weighted by atomic mass is 10.1. The number of hydrogen-bond acceptors (Lipinski definition) is 1. The van der Waals surface area contributed by atoms with Gasteiger partial charge in [0.25, 0.3) is 0 Å². The van der Waals surface area contributed by atoms with Crippen molar-refractivity contribution in [3.05, 3.63) is 89.0 Å². The van der Waals surface area contributed by atoms with E-state index in [4.69, 9.17) is 0 Å². The fourth-order valence-electron chi connectivity index (χ4n) is 3.23. The zero-order chi connectivity index (χ0) is 15.8. The molecule has 23 heavy (non-hydrogen) atoms. The molecule has 1 nitrogen and oxygen atoms in total. The molecule has 0 spiro atoms. The molecule has 1 heteroatoms. The molecule has 3 aromatic rings. The summed E-state index contributed by atoms with van der Waals surface area (Å²) in [6, 6.07) is 23.8. The van der Waals surface area contributed by atoms with Crippen LogP contribution in [0.2, 0.25) is 0 Å². The monoisotopic (exact) mass is 297 g/mol. The van der Waals surface area contributed by atoms with Crippen LogP contribution in [0.1, 0.15) is 22.3 Å². The van der Waals surface area contributed by atoms with Crippen molar-refractivity contribution in [2.45, 2.75) is 13.8 Å². The number of fused-ring (bicyclic) bond motifs is 2. The van der Waals surface area contributed by atoms with Gasteiger partial charge in [0.05, 0.1) is 11.4 Å². The van der Waals surface area contributed by atoms with E-state index in [-0.39, 0.29) is 0 Å². The van der Waals surface area contributed by atoms with Crippen molar-refractivity contribution in [3.8, 4) is 0 Å². The molecule has 1 heterocycles. The first kappa shape index (κ1) is 13.8. The van der Waals surface area contributed by atoms with Crippen LogP contribution in [0, 0.1) is 13.8 Å². The van der Waals surface area contributed by atoms with Gasteiger partial charge in [-0.3, -0.25) is 0 Å². The second-order valence-corrected chi connectivity index (χ2v) is 6.08. The van der Waals surface area contributed by atoms with E-state index in [9.17, 15) is 0 Å². The molecule has 1 aliphatic heterocycles. The highest BCUT2D eigenvalue weighted by molar-refractivity contribution is 5.93. The Bertz CT molecular complexity index is 905. The summed E-state index contributed by atoms with van der Waals surface area (Å²) in [5.41, 5.74) is 8.73. The Labute approximate surface area is 137 Å². The number of nitrogens with zero attached hydrogens (tertiary/aromatic N) is 1. The Morgan fingerprint density at radius 3 is 2.09 bits per heavy atom. The predicted molar refractivity (Wildman–Crippen MR) is 99.5 cm³/mol. The minimum Gasteiger partial charge on any atom is -0.309 e. The van der Waals surface area contributed by atoms with Crippen molar-refractivity contribution in [1.82, 2.24) is 0 Å². The maximum absolute atomic E-state index is 2.37. The van der Waals surface area contributed by atoms with Crippen molar-refractivity contribution < 1.29 is 0 Å². The molecule has 0 atom stereocenters. The fourth-order valence-corrected chi connectivity index (χ4v) is 3.23. The van der Waals surface area contributed by atoms with Crippen molar-refractivity contribution in [3.63, 3.8) is 0 Å². The minimum absolute atomic E-state index is 1.22. The quantitative estimate of drug-likeness (QED) is 0.401. The van der Waals surface area contributed by atoms with E-state index >= 15 is 0 Å². The van der Waals surface area contributed by atoms with E-state index in [0.717, 1.165) is 0 Å². The molecule has 0 amide bonds. The van der Waals surface area contributed by atoms with Gasteiger partial charge in [0.15, 0.2) is 0 Å². The van der Waals surface area contributed by atoms with E-state index in [0.29, 0.717) is 0 Å². The average molecular weight is 297 g/mol. The van der Waals surface area contributed by atoms with E-state index in [1.165, 1.54) is 39.3 Å². The molecular weight excluding hydrogens is 278 g/mol. The van der Waals surface area contributed by atoms with E-state index in [1.54, 1.807) is 0 Å². The molecule has 4 rings (SSSR count). The molecule has 0 saturated carbocycles. The van der Waals surface area contributed by atoms with Crippen molar-refractivity contribution >= 4 is 29.2 Å². The maximum atomic E-state index is 2.37. The van der Waals surface area contributed by atoms with Gasteiger partial charge in [-0.2, -0.15) is 0 Å². The van der Waals surface area contributed by atoms with Crippen molar-refractivity contribution in [1.29, 1.82) is 0 Å². The number of benzene rings is 3. The molecule has 0 bridgehead atoms. The van der Waals surface area contributed by atoms with E-state index in [1.807, 2.05) is 0 Å². The molecule has 3 aromatic carbocycles. The number of para-hydroxylation sites is 2. The molecular formula is C22H19N. The Kier molecular flexibility index (Phi) is 3.27. The Hall–Kier alpha value is -2.80. The third-order valence-corrected chi connectivity index (χ3v) is 4.40. The highest BCUT2D eigenvalue weighted by atomic mass is 15.1. The summed E-state index contributed by atoms with van der Waals surface area (Å²) in [5, 5.41) is 0. The van der Waals surface area contributed by atoms with Crippen LogP contribution in [-0.2, 0) is 0 Å². The van der Waals surface area contributed by atoms with Gasteiger partial charge in [-0.25, -0.2) is 0 Å². The van der Waals surface area contributed by atoms with Gasteiger partial charge in [0, 0.05) is 5.69 Å². The first-order chi connectivity index (χ1) is 11.2. The van der Waals surface area contributed by atoms with Gasteiger partial charge < -0.3 is 4.90 Å². The number of aryl methyl sites for hydroxylation is 2. The molecule has 0 aliphatic carbocycles. The third-order valence-electron chi connectivity index (χ3n) is 4.40. The normalized spacial score (nSPS) is 12.5. The number of anilines is 3. The smallest absolute Gasteiger partial charge is 0.0534 e. The first-order valence-corrected chi connectivity index (χ1v) is 7.97. The maximum Gasteiger partial charge on any atom is 0.0534 e. The van der Waals surface area contributed by atoms with Crippen LogP contribution < -0.4 is 4.90 Å². The van der Waals surface area contributed by atoms with Crippen LogP contribution in [0.15, 0.2) is 66.7 Å². The Balaban J connectivity index is 2.04. The lowest BCUT2D eigenvalue weighted by Gasteiger charge is -2.28. The number of hydrogen-bond donors (Lipinski definition) is 0.